The molecule has 3 amide bonds. The summed E-state index contributed by atoms with van der Waals surface area (Å²) in [4.78, 5) is 23.7. The summed E-state index contributed by atoms with van der Waals surface area (Å²) in [5, 5.41) is 8.12. The Morgan fingerprint density at radius 1 is 1.17 bits per heavy atom. The molecular formula is C17H21N3O3. The van der Waals surface area contributed by atoms with Gasteiger partial charge >= 0.3 is 6.03 Å². The van der Waals surface area contributed by atoms with Crippen LogP contribution < -0.4 is 16.0 Å². The molecule has 0 fully saturated rings. The van der Waals surface area contributed by atoms with Crippen molar-refractivity contribution < 1.29 is 14.0 Å². The van der Waals surface area contributed by atoms with E-state index in [0.717, 1.165) is 17.1 Å². The summed E-state index contributed by atoms with van der Waals surface area (Å²) in [5.41, 5.74) is 1.98. The second kappa shape index (κ2) is 7.00. The molecule has 0 unspecified atom stereocenters. The van der Waals surface area contributed by atoms with Gasteiger partial charge in [-0.3, -0.25) is 4.79 Å². The number of hydrogen-bond donors (Lipinski definition) is 3. The molecule has 6 nitrogen and oxygen atoms in total. The fourth-order valence-electron chi connectivity index (χ4n) is 2.40. The van der Waals surface area contributed by atoms with Crippen LogP contribution in [-0.4, -0.2) is 19.0 Å². The Labute approximate surface area is 135 Å². The Bertz CT molecular complexity index is 722. The number of anilines is 1. The number of carbonyl (C=O) groups is 2. The predicted molar refractivity (Wildman–Crippen MR) is 88.6 cm³/mol. The highest BCUT2D eigenvalue weighted by Gasteiger charge is 2.15. The Hall–Kier alpha value is -2.76. The maximum absolute atomic E-state index is 12.1. The molecule has 1 aromatic carbocycles. The first-order valence-electron chi connectivity index (χ1n) is 7.37. The molecule has 0 saturated heterocycles. The highest BCUT2D eigenvalue weighted by atomic mass is 16.3. The summed E-state index contributed by atoms with van der Waals surface area (Å²) in [6, 6.07) is 8.13. The molecule has 2 aromatic rings. The summed E-state index contributed by atoms with van der Waals surface area (Å²) < 4.78 is 5.47. The number of carbonyl (C=O) groups excluding carboxylic acids is 2. The molecule has 0 saturated carbocycles. The Morgan fingerprint density at radius 3 is 2.52 bits per heavy atom. The zero-order chi connectivity index (χ0) is 17.0. The molecule has 0 aliphatic heterocycles. The van der Waals surface area contributed by atoms with Crippen LogP contribution in [0.3, 0.4) is 0 Å². The number of hydrogen-bond acceptors (Lipinski definition) is 3. The lowest BCUT2D eigenvalue weighted by atomic mass is 10.1. The van der Waals surface area contributed by atoms with Crippen molar-refractivity contribution in [2.45, 2.75) is 26.8 Å². The lowest BCUT2D eigenvalue weighted by Gasteiger charge is -2.14. The van der Waals surface area contributed by atoms with Crippen LogP contribution in [0.15, 0.2) is 34.7 Å². The van der Waals surface area contributed by atoms with Crippen LogP contribution in [0, 0.1) is 13.8 Å². The van der Waals surface area contributed by atoms with E-state index in [0.29, 0.717) is 11.3 Å². The van der Waals surface area contributed by atoms with Gasteiger partial charge in [-0.25, -0.2) is 4.79 Å². The van der Waals surface area contributed by atoms with Crippen LogP contribution in [-0.2, 0) is 0 Å². The van der Waals surface area contributed by atoms with Crippen molar-refractivity contribution >= 4 is 17.6 Å². The van der Waals surface area contributed by atoms with Gasteiger partial charge in [-0.15, -0.1) is 0 Å². The molecule has 1 heterocycles. The van der Waals surface area contributed by atoms with E-state index in [1.165, 1.54) is 0 Å². The van der Waals surface area contributed by atoms with E-state index in [9.17, 15) is 9.59 Å². The number of aryl methyl sites for hydroxylation is 2. The van der Waals surface area contributed by atoms with E-state index < -0.39 is 0 Å². The van der Waals surface area contributed by atoms with Gasteiger partial charge in [0.15, 0.2) is 0 Å². The molecule has 6 heteroatoms. The summed E-state index contributed by atoms with van der Waals surface area (Å²) in [6.45, 7) is 5.62. The van der Waals surface area contributed by atoms with Gasteiger partial charge in [-0.1, -0.05) is 6.07 Å². The van der Waals surface area contributed by atoms with Crippen LogP contribution in [0.4, 0.5) is 10.5 Å². The van der Waals surface area contributed by atoms with Gasteiger partial charge in [-0.05, 0) is 45.0 Å². The molecule has 3 N–H and O–H groups in total. The van der Waals surface area contributed by atoms with Crippen LogP contribution in [0.5, 0.6) is 0 Å². The zero-order valence-corrected chi connectivity index (χ0v) is 13.7. The highest BCUT2D eigenvalue weighted by Crippen LogP contribution is 2.21. The third-order valence-electron chi connectivity index (χ3n) is 3.50. The third-order valence-corrected chi connectivity index (χ3v) is 3.50. The summed E-state index contributed by atoms with van der Waals surface area (Å²) in [6.07, 6.45) is 0. The number of rotatable bonds is 4. The molecule has 23 heavy (non-hydrogen) atoms. The van der Waals surface area contributed by atoms with Gasteiger partial charge in [0, 0.05) is 23.9 Å². The first-order valence-corrected chi connectivity index (χ1v) is 7.37. The first-order chi connectivity index (χ1) is 10.9. The Kier molecular flexibility index (Phi) is 5.05. The number of benzene rings is 1. The highest BCUT2D eigenvalue weighted by molar-refractivity contribution is 5.96. The molecule has 0 spiro atoms. The number of nitrogens with one attached hydrogen (secondary N) is 3. The topological polar surface area (TPSA) is 83.4 Å². The van der Waals surface area contributed by atoms with Gasteiger partial charge in [0.25, 0.3) is 5.91 Å². The predicted octanol–water partition coefficient (Wildman–Crippen LogP) is 3.14. The van der Waals surface area contributed by atoms with Crippen molar-refractivity contribution in [2.75, 3.05) is 12.4 Å². The van der Waals surface area contributed by atoms with Gasteiger partial charge in [0.2, 0.25) is 0 Å². The van der Waals surface area contributed by atoms with Crippen LogP contribution >= 0.6 is 0 Å². The van der Waals surface area contributed by atoms with E-state index in [4.69, 9.17) is 4.42 Å². The van der Waals surface area contributed by atoms with Crippen LogP contribution in [0.2, 0.25) is 0 Å². The number of amides is 3. The average Bonchev–Trinajstić information content (AvgIpc) is 2.85. The zero-order valence-electron chi connectivity index (χ0n) is 13.7. The quantitative estimate of drug-likeness (QED) is 0.810. The van der Waals surface area contributed by atoms with E-state index in [-0.39, 0.29) is 18.0 Å². The molecular weight excluding hydrogens is 294 g/mol. The van der Waals surface area contributed by atoms with Crippen LogP contribution in [0.1, 0.15) is 40.4 Å². The minimum atomic E-state index is -0.343. The van der Waals surface area contributed by atoms with Crippen molar-refractivity contribution in [1.29, 1.82) is 0 Å². The second-order valence-corrected chi connectivity index (χ2v) is 5.35. The maximum Gasteiger partial charge on any atom is 0.319 e. The van der Waals surface area contributed by atoms with E-state index in [1.807, 2.05) is 26.8 Å². The fraction of sp³-hybridized carbons (Fsp3) is 0.294. The Balaban J connectivity index is 2.02. The monoisotopic (exact) mass is 315 g/mol. The second-order valence-electron chi connectivity index (χ2n) is 5.35. The molecule has 0 aliphatic rings. The van der Waals surface area contributed by atoms with Crippen molar-refractivity contribution in [2.24, 2.45) is 0 Å². The fourth-order valence-corrected chi connectivity index (χ4v) is 2.40. The van der Waals surface area contributed by atoms with Crippen molar-refractivity contribution in [1.82, 2.24) is 10.6 Å². The minimum absolute atomic E-state index is 0.186. The normalized spacial score (nSPS) is 11.7. The molecule has 1 atom stereocenters. The van der Waals surface area contributed by atoms with Gasteiger partial charge < -0.3 is 20.4 Å². The minimum Gasteiger partial charge on any atom is -0.466 e. The SMILES string of the molecule is CNC(=O)c1cccc(NC(=O)N[C@H](C)c2cc(C)oc2C)c1. The van der Waals surface area contributed by atoms with Crippen molar-refractivity contribution in [3.05, 3.63) is 53.0 Å². The summed E-state index contributed by atoms with van der Waals surface area (Å²) >= 11 is 0. The molecule has 1 aromatic heterocycles. The number of urea groups is 1. The van der Waals surface area contributed by atoms with Gasteiger partial charge in [0.05, 0.1) is 6.04 Å². The van der Waals surface area contributed by atoms with E-state index >= 15 is 0 Å². The Morgan fingerprint density at radius 2 is 1.91 bits per heavy atom. The lowest BCUT2D eigenvalue weighted by Crippen LogP contribution is -2.31. The van der Waals surface area contributed by atoms with Crippen molar-refractivity contribution in [3.63, 3.8) is 0 Å². The van der Waals surface area contributed by atoms with Crippen LogP contribution in [0.25, 0.3) is 0 Å². The smallest absolute Gasteiger partial charge is 0.319 e. The summed E-state index contributed by atoms with van der Waals surface area (Å²) in [7, 11) is 1.56. The molecule has 0 bridgehead atoms. The molecule has 122 valence electrons. The van der Waals surface area contributed by atoms with Gasteiger partial charge in [-0.2, -0.15) is 0 Å². The lowest BCUT2D eigenvalue weighted by molar-refractivity contribution is 0.0963. The molecule has 2 rings (SSSR count). The van der Waals surface area contributed by atoms with Crippen molar-refractivity contribution in [3.8, 4) is 0 Å². The van der Waals surface area contributed by atoms with E-state index in [1.54, 1.807) is 31.3 Å². The molecule has 0 aliphatic carbocycles. The maximum atomic E-state index is 12.1. The number of furan rings is 1. The van der Waals surface area contributed by atoms with E-state index in [2.05, 4.69) is 16.0 Å². The average molecular weight is 315 g/mol. The summed E-state index contributed by atoms with van der Waals surface area (Å²) in [5.74, 6) is 1.40. The third kappa shape index (κ3) is 4.12. The first kappa shape index (κ1) is 16.6. The van der Waals surface area contributed by atoms with Gasteiger partial charge in [0.1, 0.15) is 11.5 Å². The molecule has 0 radical (unpaired) electrons. The standard InChI is InChI=1S/C17H21N3O3/c1-10-8-15(12(3)23-10)11(2)19-17(22)20-14-7-5-6-13(9-14)16(21)18-4/h5-9,11H,1-4H3,(H,18,21)(H2,19,20,22)/t11-/m1/s1. The largest absolute Gasteiger partial charge is 0.466 e.